The van der Waals surface area contributed by atoms with Crippen molar-refractivity contribution in [2.45, 2.75) is 19.1 Å². The highest BCUT2D eigenvalue weighted by Gasteiger charge is 2.27. The summed E-state index contributed by atoms with van der Waals surface area (Å²) < 4.78 is 5.41. The smallest absolute Gasteiger partial charge is 0.271 e. The third kappa shape index (κ3) is 4.47. The Balaban J connectivity index is 1.67. The molecule has 8 heteroatoms. The molecule has 1 aliphatic heterocycles. The molecule has 0 saturated carbocycles. The van der Waals surface area contributed by atoms with Crippen molar-refractivity contribution in [3.63, 3.8) is 0 Å². The lowest BCUT2D eigenvalue weighted by atomic mass is 10.1. The number of carbonyl (C=O) groups is 2. The van der Waals surface area contributed by atoms with Crippen LogP contribution in [0.2, 0.25) is 0 Å². The molecule has 1 aliphatic rings. The number of ether oxygens (including phenoxy) is 1. The van der Waals surface area contributed by atoms with E-state index in [1.54, 1.807) is 0 Å². The van der Waals surface area contributed by atoms with E-state index in [-0.39, 0.29) is 29.7 Å². The lowest BCUT2D eigenvalue weighted by Gasteiger charge is -2.29. The van der Waals surface area contributed by atoms with Crippen molar-refractivity contribution < 1.29 is 14.3 Å². The summed E-state index contributed by atoms with van der Waals surface area (Å²) in [5.41, 5.74) is 0.250. The van der Waals surface area contributed by atoms with Gasteiger partial charge in [-0.25, -0.2) is 4.98 Å². The van der Waals surface area contributed by atoms with Gasteiger partial charge in [-0.3, -0.25) is 14.6 Å². The largest absolute Gasteiger partial charge is 0.375 e. The Morgan fingerprint density at radius 2 is 2.19 bits per heavy atom. The van der Waals surface area contributed by atoms with Crippen LogP contribution in [0.5, 0.6) is 0 Å². The van der Waals surface area contributed by atoms with E-state index < -0.39 is 0 Å². The highest BCUT2D eigenvalue weighted by Crippen LogP contribution is 2.03. The minimum absolute atomic E-state index is 0.129. The van der Waals surface area contributed by atoms with E-state index in [1.807, 2.05) is 6.92 Å². The molecule has 0 radical (unpaired) electrons. The minimum atomic E-state index is -0.352. The predicted molar refractivity (Wildman–Crippen MR) is 74.6 cm³/mol. The van der Waals surface area contributed by atoms with Gasteiger partial charge in [0.2, 0.25) is 5.91 Å². The maximum absolute atomic E-state index is 11.9. The van der Waals surface area contributed by atoms with Gasteiger partial charge in [0, 0.05) is 32.0 Å². The summed E-state index contributed by atoms with van der Waals surface area (Å²) in [6.07, 6.45) is 4.18. The second-order valence-corrected chi connectivity index (χ2v) is 4.65. The first-order valence-electron chi connectivity index (χ1n) is 6.85. The second kappa shape index (κ2) is 7.65. The van der Waals surface area contributed by atoms with Crippen LogP contribution in [0.1, 0.15) is 17.4 Å². The molecule has 0 aromatic carbocycles. The molecule has 1 aromatic heterocycles. The van der Waals surface area contributed by atoms with Gasteiger partial charge in [0.1, 0.15) is 11.7 Å². The van der Waals surface area contributed by atoms with Crippen molar-refractivity contribution in [1.82, 2.24) is 25.9 Å². The fourth-order valence-electron chi connectivity index (χ4n) is 2.01. The van der Waals surface area contributed by atoms with E-state index >= 15 is 0 Å². The number of amides is 2. The molecule has 21 heavy (non-hydrogen) atoms. The topological polar surface area (TPSA) is 105 Å². The highest BCUT2D eigenvalue weighted by molar-refractivity contribution is 5.91. The van der Waals surface area contributed by atoms with Crippen molar-refractivity contribution in [3.8, 4) is 0 Å². The molecule has 2 amide bonds. The third-order valence-electron chi connectivity index (χ3n) is 3.10. The lowest BCUT2D eigenvalue weighted by Crippen LogP contribution is -2.56. The fourth-order valence-corrected chi connectivity index (χ4v) is 2.01. The average molecular weight is 293 g/mol. The van der Waals surface area contributed by atoms with Gasteiger partial charge in [-0.15, -0.1) is 0 Å². The molecule has 1 saturated heterocycles. The van der Waals surface area contributed by atoms with Crippen LogP contribution in [-0.2, 0) is 9.53 Å². The average Bonchev–Trinajstić information content (AvgIpc) is 2.52. The van der Waals surface area contributed by atoms with Crippen LogP contribution in [0.3, 0.4) is 0 Å². The van der Waals surface area contributed by atoms with Crippen LogP contribution in [0.25, 0.3) is 0 Å². The maximum Gasteiger partial charge on any atom is 0.271 e. The number of hydrogen-bond acceptors (Lipinski definition) is 6. The van der Waals surface area contributed by atoms with Gasteiger partial charge >= 0.3 is 0 Å². The summed E-state index contributed by atoms with van der Waals surface area (Å²) in [5.74, 6) is -0.444. The summed E-state index contributed by atoms with van der Waals surface area (Å²) in [6.45, 7) is 3.79. The molecule has 2 atom stereocenters. The van der Waals surface area contributed by atoms with Crippen molar-refractivity contribution in [1.29, 1.82) is 0 Å². The molecule has 2 rings (SSSR count). The number of rotatable bonds is 5. The second-order valence-electron chi connectivity index (χ2n) is 4.65. The van der Waals surface area contributed by atoms with E-state index in [4.69, 9.17) is 4.74 Å². The molecule has 114 valence electrons. The van der Waals surface area contributed by atoms with E-state index in [9.17, 15) is 9.59 Å². The molecular weight excluding hydrogens is 274 g/mol. The minimum Gasteiger partial charge on any atom is -0.375 e. The van der Waals surface area contributed by atoms with Crippen molar-refractivity contribution in [2.24, 2.45) is 0 Å². The Morgan fingerprint density at radius 1 is 1.38 bits per heavy atom. The first-order valence-corrected chi connectivity index (χ1v) is 6.85. The summed E-state index contributed by atoms with van der Waals surface area (Å²) in [6, 6.07) is -0.352. The van der Waals surface area contributed by atoms with Gasteiger partial charge in [-0.1, -0.05) is 0 Å². The highest BCUT2D eigenvalue weighted by atomic mass is 16.5. The van der Waals surface area contributed by atoms with Crippen LogP contribution in [-0.4, -0.2) is 60.2 Å². The maximum atomic E-state index is 11.9. The Labute approximate surface area is 122 Å². The van der Waals surface area contributed by atoms with Crippen LogP contribution in [0.4, 0.5) is 0 Å². The SMILES string of the molecule is C[C@H]1OCCN[C@@H]1C(=O)NCCNC(=O)c1cnccn1. The first-order chi connectivity index (χ1) is 10.2. The Kier molecular flexibility index (Phi) is 5.59. The van der Waals surface area contributed by atoms with Crippen molar-refractivity contribution >= 4 is 11.8 Å². The quantitative estimate of drug-likeness (QED) is 0.583. The zero-order valence-electron chi connectivity index (χ0n) is 11.8. The number of aromatic nitrogens is 2. The zero-order valence-corrected chi connectivity index (χ0v) is 11.8. The van der Waals surface area contributed by atoms with Gasteiger partial charge in [0.15, 0.2) is 0 Å². The first kappa shape index (κ1) is 15.3. The molecular formula is C13H19N5O3. The third-order valence-corrected chi connectivity index (χ3v) is 3.10. The van der Waals surface area contributed by atoms with Gasteiger partial charge < -0.3 is 20.7 Å². The Hall–Kier alpha value is -2.06. The van der Waals surface area contributed by atoms with Crippen molar-refractivity contribution in [3.05, 3.63) is 24.3 Å². The molecule has 3 N–H and O–H groups in total. The number of nitrogens with one attached hydrogen (secondary N) is 3. The fraction of sp³-hybridized carbons (Fsp3) is 0.538. The number of carbonyl (C=O) groups excluding carboxylic acids is 2. The molecule has 0 spiro atoms. The van der Waals surface area contributed by atoms with E-state index in [1.165, 1.54) is 18.6 Å². The predicted octanol–water partition coefficient (Wildman–Crippen LogP) is -1.30. The lowest BCUT2D eigenvalue weighted by molar-refractivity contribution is -0.128. The van der Waals surface area contributed by atoms with Crippen molar-refractivity contribution in [2.75, 3.05) is 26.2 Å². The number of morpholine rings is 1. The van der Waals surface area contributed by atoms with E-state index in [2.05, 4.69) is 25.9 Å². The van der Waals surface area contributed by atoms with Gasteiger partial charge in [-0.05, 0) is 6.92 Å². The number of hydrogen-bond donors (Lipinski definition) is 3. The van der Waals surface area contributed by atoms with E-state index in [0.717, 1.165) is 0 Å². The van der Waals surface area contributed by atoms with E-state index in [0.29, 0.717) is 26.2 Å². The van der Waals surface area contributed by atoms with Gasteiger partial charge in [0.05, 0.1) is 18.9 Å². The van der Waals surface area contributed by atoms with Crippen LogP contribution < -0.4 is 16.0 Å². The Morgan fingerprint density at radius 3 is 2.90 bits per heavy atom. The molecule has 1 fully saturated rings. The Bertz CT molecular complexity index is 482. The zero-order chi connectivity index (χ0) is 15.1. The molecule has 2 heterocycles. The van der Waals surface area contributed by atoms with Gasteiger partial charge in [-0.2, -0.15) is 0 Å². The monoisotopic (exact) mass is 293 g/mol. The van der Waals surface area contributed by atoms with Gasteiger partial charge in [0.25, 0.3) is 5.91 Å². The summed E-state index contributed by atoms with van der Waals surface area (Å²) >= 11 is 0. The molecule has 0 bridgehead atoms. The summed E-state index contributed by atoms with van der Waals surface area (Å²) in [4.78, 5) is 31.3. The standard InChI is InChI=1S/C13H19N5O3/c1-9-11(16-6-7-21-9)13(20)18-5-4-17-12(19)10-8-14-2-3-15-10/h2-3,8-9,11,16H,4-7H2,1H3,(H,17,19)(H,18,20)/t9-,11+/m1/s1. The molecule has 0 aliphatic carbocycles. The van der Waals surface area contributed by atoms with Crippen LogP contribution >= 0.6 is 0 Å². The molecule has 8 nitrogen and oxygen atoms in total. The van der Waals surface area contributed by atoms with Crippen LogP contribution in [0, 0.1) is 0 Å². The molecule has 1 aromatic rings. The summed E-state index contributed by atoms with van der Waals surface area (Å²) in [5, 5.41) is 8.52. The summed E-state index contributed by atoms with van der Waals surface area (Å²) in [7, 11) is 0. The van der Waals surface area contributed by atoms with Crippen LogP contribution in [0.15, 0.2) is 18.6 Å². The number of nitrogens with zero attached hydrogens (tertiary/aromatic N) is 2. The normalized spacial score (nSPS) is 21.6. The molecule has 0 unspecified atom stereocenters.